The number of fused-ring (bicyclic) bond motifs is 1. The minimum absolute atomic E-state index is 0. The zero-order valence-corrected chi connectivity index (χ0v) is 6.57. The van der Waals surface area contributed by atoms with Gasteiger partial charge in [-0.25, -0.2) is 9.98 Å². The van der Waals surface area contributed by atoms with Crippen LogP contribution in [0, 0.1) is 0 Å². The average Bonchev–Trinajstić information content (AvgIpc) is 2.28. The van der Waals surface area contributed by atoms with Crippen LogP contribution in [0.2, 0.25) is 0 Å². The van der Waals surface area contributed by atoms with E-state index in [0.29, 0.717) is 11.3 Å². The van der Waals surface area contributed by atoms with Crippen molar-refractivity contribution in [3.8, 4) is 0 Å². The number of nitrogens with zero attached hydrogens (tertiary/aromatic N) is 2. The topological polar surface area (TPSA) is 51.3 Å². The van der Waals surface area contributed by atoms with Crippen molar-refractivity contribution >= 4 is 11.9 Å². The lowest BCUT2D eigenvalue weighted by Crippen LogP contribution is -2.28. The van der Waals surface area contributed by atoms with Gasteiger partial charge < -0.3 is 5.73 Å². The third kappa shape index (κ3) is 1.21. The standard InChI is InChI=1S/C9H9N3.H2/c10-8-5-4-7-3-1-2-6-11-9(7)12-8;/h2-6H,1H2,(H2,10,11,12);1H. The summed E-state index contributed by atoms with van der Waals surface area (Å²) in [5.74, 6) is 0.515. The first kappa shape index (κ1) is 7.03. The second-order valence-electron chi connectivity index (χ2n) is 2.60. The summed E-state index contributed by atoms with van der Waals surface area (Å²) >= 11 is 0. The molecule has 0 amide bonds. The van der Waals surface area contributed by atoms with E-state index in [9.17, 15) is 0 Å². The van der Waals surface area contributed by atoms with E-state index in [-0.39, 0.29) is 1.43 Å². The third-order valence-corrected chi connectivity index (χ3v) is 1.70. The highest BCUT2D eigenvalue weighted by Gasteiger charge is 1.91. The number of allylic oxidation sites excluding steroid dienone is 1. The van der Waals surface area contributed by atoms with Crippen molar-refractivity contribution in [2.24, 2.45) is 4.99 Å². The first-order valence-electron chi connectivity index (χ1n) is 3.82. The van der Waals surface area contributed by atoms with E-state index >= 15 is 0 Å². The fraction of sp³-hybridized carbons (Fsp3) is 0.111. The van der Waals surface area contributed by atoms with Crippen molar-refractivity contribution in [3.05, 3.63) is 35.1 Å². The number of rotatable bonds is 0. The Kier molecular flexibility index (Phi) is 1.63. The summed E-state index contributed by atoms with van der Waals surface area (Å²) in [6, 6.07) is 3.73. The van der Waals surface area contributed by atoms with Gasteiger partial charge in [0.25, 0.3) is 0 Å². The van der Waals surface area contributed by atoms with Gasteiger partial charge in [-0.15, -0.1) is 0 Å². The lowest BCUT2D eigenvalue weighted by atomic mass is 10.3. The van der Waals surface area contributed by atoms with Crippen LogP contribution >= 0.6 is 0 Å². The molecular formula is C9H11N3. The molecule has 0 radical (unpaired) electrons. The minimum atomic E-state index is 0. The molecule has 0 saturated carbocycles. The van der Waals surface area contributed by atoms with Gasteiger partial charge in [0.2, 0.25) is 0 Å². The number of hydrogen-bond acceptors (Lipinski definition) is 3. The molecule has 0 aromatic carbocycles. The molecule has 1 aliphatic rings. The third-order valence-electron chi connectivity index (χ3n) is 1.70. The molecule has 1 aliphatic heterocycles. The first-order valence-corrected chi connectivity index (χ1v) is 3.82. The van der Waals surface area contributed by atoms with Crippen molar-refractivity contribution in [2.45, 2.75) is 6.42 Å². The molecule has 0 saturated heterocycles. The number of nitrogen functional groups attached to an aromatic ring is 1. The monoisotopic (exact) mass is 161 g/mol. The maximum absolute atomic E-state index is 5.52. The summed E-state index contributed by atoms with van der Waals surface area (Å²) in [6.45, 7) is 0. The van der Waals surface area contributed by atoms with Gasteiger partial charge in [0, 0.05) is 12.8 Å². The number of hydrogen-bond donors (Lipinski definition) is 1. The lowest BCUT2D eigenvalue weighted by molar-refractivity contribution is 1.13. The Morgan fingerprint density at radius 3 is 3.25 bits per heavy atom. The number of pyridine rings is 1. The SMILES string of the molecule is Nc1ccc2c(n1)=NC=CCC=2.[HH]. The fourth-order valence-electron chi connectivity index (χ4n) is 1.12. The second-order valence-corrected chi connectivity index (χ2v) is 2.60. The first-order chi connectivity index (χ1) is 5.86. The van der Waals surface area contributed by atoms with Gasteiger partial charge >= 0.3 is 0 Å². The van der Waals surface area contributed by atoms with Crippen LogP contribution in [-0.4, -0.2) is 4.98 Å². The Hall–Kier alpha value is -1.64. The summed E-state index contributed by atoms with van der Waals surface area (Å²) in [5, 5.41) is 1.05. The molecule has 3 nitrogen and oxygen atoms in total. The molecule has 1 aromatic heterocycles. The number of nitrogens with two attached hydrogens (primary N) is 1. The molecule has 2 rings (SSSR count). The van der Waals surface area contributed by atoms with Crippen LogP contribution in [0.15, 0.2) is 29.4 Å². The molecular weight excluding hydrogens is 150 g/mol. The maximum atomic E-state index is 5.52. The van der Waals surface area contributed by atoms with Crippen LogP contribution in [0.5, 0.6) is 0 Å². The van der Waals surface area contributed by atoms with Gasteiger partial charge in [-0.2, -0.15) is 0 Å². The molecule has 1 aromatic rings. The fourth-order valence-corrected chi connectivity index (χ4v) is 1.12. The van der Waals surface area contributed by atoms with E-state index in [1.807, 2.05) is 12.1 Å². The van der Waals surface area contributed by atoms with Crippen LogP contribution in [0.3, 0.4) is 0 Å². The largest absolute Gasteiger partial charge is 0.384 e. The van der Waals surface area contributed by atoms with Crippen LogP contribution < -0.4 is 16.4 Å². The van der Waals surface area contributed by atoms with Gasteiger partial charge in [0.1, 0.15) is 5.82 Å². The molecule has 2 heterocycles. The highest BCUT2D eigenvalue weighted by molar-refractivity contribution is 5.32. The predicted molar refractivity (Wildman–Crippen MR) is 49.8 cm³/mol. The van der Waals surface area contributed by atoms with Crippen molar-refractivity contribution < 1.29 is 1.43 Å². The Balaban J connectivity index is 0.000000845. The molecule has 0 aliphatic carbocycles. The van der Waals surface area contributed by atoms with Crippen molar-refractivity contribution in [2.75, 3.05) is 5.73 Å². The minimum Gasteiger partial charge on any atom is -0.384 e. The van der Waals surface area contributed by atoms with E-state index < -0.39 is 0 Å². The van der Waals surface area contributed by atoms with E-state index in [2.05, 4.69) is 16.1 Å². The molecule has 3 heteroatoms. The zero-order chi connectivity index (χ0) is 8.39. The molecule has 0 fully saturated rings. The van der Waals surface area contributed by atoms with Crippen LogP contribution in [0.1, 0.15) is 7.85 Å². The van der Waals surface area contributed by atoms with E-state index in [0.717, 1.165) is 11.6 Å². The van der Waals surface area contributed by atoms with Gasteiger partial charge in [-0.1, -0.05) is 12.2 Å². The molecule has 0 unspecified atom stereocenters. The highest BCUT2D eigenvalue weighted by Crippen LogP contribution is 1.89. The normalized spacial score (nSPS) is 14.0. The van der Waals surface area contributed by atoms with Crippen molar-refractivity contribution in [3.63, 3.8) is 0 Å². The summed E-state index contributed by atoms with van der Waals surface area (Å²) in [6.07, 6.45) is 6.73. The predicted octanol–water partition coefficient (Wildman–Crippen LogP) is 0.227. The van der Waals surface area contributed by atoms with E-state index in [1.165, 1.54) is 0 Å². The number of anilines is 1. The summed E-state index contributed by atoms with van der Waals surface area (Å²) in [7, 11) is 0. The maximum Gasteiger partial charge on any atom is 0.161 e. The Morgan fingerprint density at radius 2 is 2.33 bits per heavy atom. The van der Waals surface area contributed by atoms with E-state index in [1.54, 1.807) is 12.3 Å². The average molecular weight is 161 g/mol. The smallest absolute Gasteiger partial charge is 0.161 e. The zero-order valence-electron chi connectivity index (χ0n) is 6.57. The van der Waals surface area contributed by atoms with Crippen LogP contribution in [0.4, 0.5) is 5.82 Å². The molecule has 62 valence electrons. The lowest BCUT2D eigenvalue weighted by Gasteiger charge is -1.89. The number of aromatic nitrogens is 1. The summed E-state index contributed by atoms with van der Waals surface area (Å²) < 4.78 is 0. The molecule has 0 bridgehead atoms. The summed E-state index contributed by atoms with van der Waals surface area (Å²) in [4.78, 5) is 8.25. The van der Waals surface area contributed by atoms with Gasteiger partial charge in [-0.05, 0) is 18.6 Å². The second kappa shape index (κ2) is 2.77. The van der Waals surface area contributed by atoms with Gasteiger partial charge in [-0.3, -0.25) is 0 Å². The van der Waals surface area contributed by atoms with Crippen molar-refractivity contribution in [1.29, 1.82) is 0 Å². The molecule has 2 N–H and O–H groups in total. The Morgan fingerprint density at radius 1 is 1.42 bits per heavy atom. The quantitative estimate of drug-likeness (QED) is 0.592. The van der Waals surface area contributed by atoms with Gasteiger partial charge in [0.15, 0.2) is 5.49 Å². The molecule has 12 heavy (non-hydrogen) atoms. The van der Waals surface area contributed by atoms with Crippen molar-refractivity contribution in [1.82, 2.24) is 4.98 Å². The molecule has 0 atom stereocenters. The van der Waals surface area contributed by atoms with Gasteiger partial charge in [0.05, 0.1) is 0 Å². The van der Waals surface area contributed by atoms with E-state index in [4.69, 9.17) is 5.73 Å². The summed E-state index contributed by atoms with van der Waals surface area (Å²) in [5.41, 5.74) is 6.24. The Labute approximate surface area is 71.4 Å². The molecule has 0 spiro atoms. The highest BCUT2D eigenvalue weighted by atomic mass is 14.9. The Bertz CT molecular complexity index is 437. The van der Waals surface area contributed by atoms with Crippen LogP contribution in [0.25, 0.3) is 6.08 Å². The van der Waals surface area contributed by atoms with Crippen LogP contribution in [-0.2, 0) is 0 Å².